The Hall–Kier alpha value is -3.34. The van der Waals surface area contributed by atoms with E-state index in [4.69, 9.17) is 15.3 Å². The lowest BCUT2D eigenvalue weighted by molar-refractivity contribution is -0.146. The van der Waals surface area contributed by atoms with Gasteiger partial charge in [0, 0.05) is 10.9 Å². The summed E-state index contributed by atoms with van der Waals surface area (Å²) in [6, 6.07) is 20.9. The molecule has 0 amide bonds. The largest absolute Gasteiger partial charge is 0.481 e. The Bertz CT molecular complexity index is 912. The molecule has 0 saturated carbocycles. The molecule has 0 saturated heterocycles. The minimum absolute atomic E-state index is 0.138. The van der Waals surface area contributed by atoms with Crippen molar-refractivity contribution in [1.29, 1.82) is 0 Å². The molecule has 0 aliphatic heterocycles. The van der Waals surface area contributed by atoms with E-state index in [0.717, 1.165) is 16.3 Å². The van der Waals surface area contributed by atoms with Gasteiger partial charge in [-0.15, -0.1) is 0 Å². The van der Waals surface area contributed by atoms with Gasteiger partial charge in [0.2, 0.25) is 0 Å². The summed E-state index contributed by atoms with van der Waals surface area (Å²) in [5.41, 5.74) is 7.60. The van der Waals surface area contributed by atoms with Gasteiger partial charge in [0.1, 0.15) is 5.75 Å². The van der Waals surface area contributed by atoms with Gasteiger partial charge < -0.3 is 15.3 Å². The summed E-state index contributed by atoms with van der Waals surface area (Å²) in [6.45, 7) is 1.72. The number of ether oxygens (including phenoxy) is 1. The number of benzene rings is 3. The maximum atomic E-state index is 11.8. The van der Waals surface area contributed by atoms with Gasteiger partial charge >= 0.3 is 5.97 Å². The standard InChI is InChI=1S/C20H18N2O3/c1-14-9-11-16(12-10-14)20(21)22-25-19(23)13-24-18-8-4-6-15-5-2-3-7-17(15)18/h2-12H,13H2,1H3,(H2,21,22). The SMILES string of the molecule is Cc1ccc(/C(N)=N\OC(=O)COc2cccc3ccccc23)cc1. The van der Waals surface area contributed by atoms with Crippen molar-refractivity contribution in [1.82, 2.24) is 0 Å². The van der Waals surface area contributed by atoms with Crippen LogP contribution in [-0.4, -0.2) is 18.4 Å². The number of carbonyl (C=O) groups is 1. The van der Waals surface area contributed by atoms with Gasteiger partial charge in [-0.25, -0.2) is 4.79 Å². The van der Waals surface area contributed by atoms with Crippen LogP contribution in [-0.2, 0) is 9.63 Å². The second-order valence-corrected chi connectivity index (χ2v) is 5.57. The molecule has 25 heavy (non-hydrogen) atoms. The maximum Gasteiger partial charge on any atom is 0.372 e. The van der Waals surface area contributed by atoms with E-state index in [1.165, 1.54) is 0 Å². The van der Waals surface area contributed by atoms with Crippen LogP contribution < -0.4 is 10.5 Å². The molecule has 0 unspecified atom stereocenters. The summed E-state index contributed by atoms with van der Waals surface area (Å²) in [5.74, 6) is 0.132. The van der Waals surface area contributed by atoms with Crippen LogP contribution in [0.4, 0.5) is 0 Å². The van der Waals surface area contributed by atoms with Crippen LogP contribution in [0.5, 0.6) is 5.75 Å². The first-order valence-corrected chi connectivity index (χ1v) is 7.84. The van der Waals surface area contributed by atoms with Gasteiger partial charge in [0.15, 0.2) is 12.4 Å². The quantitative estimate of drug-likeness (QED) is 0.336. The summed E-state index contributed by atoms with van der Waals surface area (Å²) in [5, 5.41) is 5.63. The second kappa shape index (κ2) is 7.49. The van der Waals surface area contributed by atoms with E-state index >= 15 is 0 Å². The third kappa shape index (κ3) is 4.14. The third-order valence-electron chi connectivity index (χ3n) is 3.69. The molecule has 0 fully saturated rings. The van der Waals surface area contributed by atoms with E-state index in [9.17, 15) is 4.79 Å². The summed E-state index contributed by atoms with van der Waals surface area (Å²) in [4.78, 5) is 16.7. The Labute approximate surface area is 145 Å². The molecular formula is C20H18N2O3. The molecule has 5 nitrogen and oxygen atoms in total. The molecule has 0 aliphatic rings. The van der Waals surface area contributed by atoms with E-state index in [1.54, 1.807) is 6.07 Å². The smallest absolute Gasteiger partial charge is 0.372 e. The van der Waals surface area contributed by atoms with Crippen molar-refractivity contribution in [3.8, 4) is 5.75 Å². The lowest BCUT2D eigenvalue weighted by Crippen LogP contribution is -2.18. The second-order valence-electron chi connectivity index (χ2n) is 5.57. The minimum atomic E-state index is -0.622. The Morgan fingerprint density at radius 2 is 1.72 bits per heavy atom. The molecule has 3 rings (SSSR count). The van der Waals surface area contributed by atoms with Gasteiger partial charge in [0.05, 0.1) is 0 Å². The average Bonchev–Trinajstić information content (AvgIpc) is 2.65. The number of amidine groups is 1. The fraction of sp³-hybridized carbons (Fsp3) is 0.100. The number of aryl methyl sites for hydroxylation is 1. The number of nitrogens with zero attached hydrogens (tertiary/aromatic N) is 1. The zero-order valence-corrected chi connectivity index (χ0v) is 13.8. The molecule has 2 N–H and O–H groups in total. The highest BCUT2D eigenvalue weighted by atomic mass is 16.7. The van der Waals surface area contributed by atoms with Gasteiger partial charge in [-0.05, 0) is 18.4 Å². The van der Waals surface area contributed by atoms with E-state index in [1.807, 2.05) is 67.6 Å². The van der Waals surface area contributed by atoms with E-state index in [-0.39, 0.29) is 12.4 Å². The fourth-order valence-corrected chi connectivity index (χ4v) is 2.36. The number of hydrogen-bond donors (Lipinski definition) is 1. The van der Waals surface area contributed by atoms with Gasteiger partial charge in [0.25, 0.3) is 0 Å². The highest BCUT2D eigenvalue weighted by Crippen LogP contribution is 2.24. The monoisotopic (exact) mass is 334 g/mol. The molecule has 0 bridgehead atoms. The Balaban J connectivity index is 1.61. The lowest BCUT2D eigenvalue weighted by Gasteiger charge is -2.08. The third-order valence-corrected chi connectivity index (χ3v) is 3.69. The zero-order valence-electron chi connectivity index (χ0n) is 13.8. The first-order valence-electron chi connectivity index (χ1n) is 7.84. The number of fused-ring (bicyclic) bond motifs is 1. The average molecular weight is 334 g/mol. The number of hydrogen-bond acceptors (Lipinski definition) is 4. The van der Waals surface area contributed by atoms with E-state index in [2.05, 4.69) is 5.16 Å². The van der Waals surface area contributed by atoms with Crippen molar-refractivity contribution < 1.29 is 14.4 Å². The first kappa shape index (κ1) is 16.5. The predicted octanol–water partition coefficient (Wildman–Crippen LogP) is 3.39. The molecule has 0 heterocycles. The van der Waals surface area contributed by atoms with Crippen LogP contribution in [0.15, 0.2) is 71.9 Å². The zero-order chi connectivity index (χ0) is 17.6. The number of nitrogens with two attached hydrogens (primary N) is 1. The number of carbonyl (C=O) groups excluding carboxylic acids is 1. The molecule has 3 aromatic rings. The Kier molecular flexibility index (Phi) is 4.95. The van der Waals surface area contributed by atoms with E-state index < -0.39 is 5.97 Å². The molecule has 0 spiro atoms. The first-order chi connectivity index (χ1) is 12.1. The molecule has 0 radical (unpaired) electrons. The topological polar surface area (TPSA) is 73.9 Å². The minimum Gasteiger partial charge on any atom is -0.481 e. The van der Waals surface area contributed by atoms with Crippen LogP contribution in [0.3, 0.4) is 0 Å². The fourth-order valence-electron chi connectivity index (χ4n) is 2.36. The molecule has 0 atom stereocenters. The van der Waals surface area contributed by atoms with Crippen molar-refractivity contribution in [3.63, 3.8) is 0 Å². The summed E-state index contributed by atoms with van der Waals surface area (Å²) in [6.07, 6.45) is 0. The van der Waals surface area contributed by atoms with Crippen molar-refractivity contribution in [3.05, 3.63) is 77.9 Å². The highest BCUT2D eigenvalue weighted by Gasteiger charge is 2.08. The summed E-state index contributed by atoms with van der Waals surface area (Å²) in [7, 11) is 0. The van der Waals surface area contributed by atoms with Crippen LogP contribution in [0.2, 0.25) is 0 Å². The molecule has 0 aliphatic carbocycles. The van der Waals surface area contributed by atoms with Crippen molar-refractivity contribution >= 4 is 22.6 Å². The molecule has 3 aromatic carbocycles. The molecule has 5 heteroatoms. The van der Waals surface area contributed by atoms with Crippen LogP contribution in [0, 0.1) is 6.92 Å². The molecule has 126 valence electrons. The number of rotatable bonds is 5. The van der Waals surface area contributed by atoms with Crippen LogP contribution in [0.1, 0.15) is 11.1 Å². The van der Waals surface area contributed by atoms with E-state index in [0.29, 0.717) is 11.3 Å². The van der Waals surface area contributed by atoms with Crippen LogP contribution >= 0.6 is 0 Å². The normalized spacial score (nSPS) is 11.3. The highest BCUT2D eigenvalue weighted by molar-refractivity contribution is 5.97. The lowest BCUT2D eigenvalue weighted by atomic mass is 10.1. The summed E-state index contributed by atoms with van der Waals surface area (Å²) < 4.78 is 5.55. The van der Waals surface area contributed by atoms with Gasteiger partial charge in [-0.1, -0.05) is 71.4 Å². The number of oxime groups is 1. The Morgan fingerprint density at radius 1 is 1.00 bits per heavy atom. The van der Waals surface area contributed by atoms with Crippen LogP contribution in [0.25, 0.3) is 10.8 Å². The van der Waals surface area contributed by atoms with Crippen molar-refractivity contribution in [2.45, 2.75) is 6.92 Å². The van der Waals surface area contributed by atoms with Gasteiger partial charge in [-0.3, -0.25) is 0 Å². The summed E-state index contributed by atoms with van der Waals surface area (Å²) >= 11 is 0. The molecule has 0 aromatic heterocycles. The van der Waals surface area contributed by atoms with Gasteiger partial charge in [-0.2, -0.15) is 0 Å². The predicted molar refractivity (Wildman–Crippen MR) is 97.4 cm³/mol. The Morgan fingerprint density at radius 3 is 2.52 bits per heavy atom. The maximum absolute atomic E-state index is 11.8. The van der Waals surface area contributed by atoms with Crippen molar-refractivity contribution in [2.75, 3.05) is 6.61 Å². The molecular weight excluding hydrogens is 316 g/mol. The van der Waals surface area contributed by atoms with Crippen molar-refractivity contribution in [2.24, 2.45) is 10.9 Å².